The number of fused-ring (bicyclic) bond motifs is 2. The number of piperidine rings is 1. The smallest absolute Gasteiger partial charge is 0.253 e. The Kier molecular flexibility index (Phi) is 6.49. The van der Waals surface area contributed by atoms with E-state index in [0.29, 0.717) is 49.2 Å². The van der Waals surface area contributed by atoms with E-state index in [4.69, 9.17) is 21.7 Å². The van der Waals surface area contributed by atoms with Crippen molar-refractivity contribution in [3.05, 3.63) is 94.4 Å². The van der Waals surface area contributed by atoms with Crippen molar-refractivity contribution in [2.24, 2.45) is 11.8 Å². The maximum Gasteiger partial charge on any atom is 0.253 e. The maximum absolute atomic E-state index is 13.0. The zero-order valence-electron chi connectivity index (χ0n) is 22.3. The summed E-state index contributed by atoms with van der Waals surface area (Å²) in [6.07, 6.45) is 3.76. The number of amides is 1. The number of hydrogen-bond donors (Lipinski definition) is 2. The van der Waals surface area contributed by atoms with E-state index in [1.807, 2.05) is 70.2 Å². The number of halogens is 1. The minimum absolute atomic E-state index is 0.126. The van der Waals surface area contributed by atoms with Crippen molar-refractivity contribution < 1.29 is 9.90 Å². The summed E-state index contributed by atoms with van der Waals surface area (Å²) in [5.74, 6) is 2.05. The Hall–Kier alpha value is -3.46. The van der Waals surface area contributed by atoms with E-state index < -0.39 is 5.60 Å². The monoisotopic (exact) mass is 556 g/mol. The summed E-state index contributed by atoms with van der Waals surface area (Å²) in [7, 11) is 0. The number of carbonyl (C=O) groups excluding carboxylic acids is 1. The van der Waals surface area contributed by atoms with E-state index in [1.54, 1.807) is 0 Å². The van der Waals surface area contributed by atoms with E-state index in [0.717, 1.165) is 60.0 Å². The number of nitrogens with one attached hydrogen (secondary N) is 1. The average molecular weight is 557 g/mol. The van der Waals surface area contributed by atoms with Crippen molar-refractivity contribution in [3.63, 3.8) is 0 Å². The van der Waals surface area contributed by atoms with Crippen molar-refractivity contribution in [3.8, 4) is 0 Å². The fraction of sp³-hybridized carbons (Fsp3) is 0.387. The highest BCUT2D eigenvalue weighted by atomic mass is 35.5. The van der Waals surface area contributed by atoms with E-state index in [-0.39, 0.29) is 5.91 Å². The molecule has 206 valence electrons. The number of benzene rings is 2. The number of carbonyl (C=O) groups is 1. The number of rotatable bonds is 5. The van der Waals surface area contributed by atoms with Crippen molar-refractivity contribution >= 4 is 28.8 Å². The molecule has 3 aliphatic heterocycles. The Morgan fingerprint density at radius 3 is 2.40 bits per heavy atom. The lowest BCUT2D eigenvalue weighted by molar-refractivity contribution is 0.0118. The number of aromatic nitrogens is 3. The highest BCUT2D eigenvalue weighted by Crippen LogP contribution is 2.36. The average Bonchev–Trinajstić information content (AvgIpc) is 3.69. The predicted molar refractivity (Wildman–Crippen MR) is 155 cm³/mol. The zero-order chi connectivity index (χ0) is 27.3. The van der Waals surface area contributed by atoms with Gasteiger partial charge in [0.2, 0.25) is 0 Å². The molecule has 9 heteroatoms. The molecule has 8 nitrogen and oxygen atoms in total. The van der Waals surface area contributed by atoms with Gasteiger partial charge in [0.15, 0.2) is 11.5 Å². The molecule has 0 spiro atoms. The second-order valence-corrected chi connectivity index (χ2v) is 11.9. The molecule has 5 heterocycles. The Bertz CT molecular complexity index is 1520. The molecule has 3 saturated heterocycles. The molecule has 40 heavy (non-hydrogen) atoms. The standard InChI is InChI=1S/C31H33ClN6O2/c32-26-9-7-25(8-10-26)31(40)11-14-36(15-12-31)27-2-1-13-38-29(27)34-28(35-38)16-21-3-5-22(6-4-21)30(39)37-19-23-17-33-18-24(23)20-37/h1-10,13,23-24,33,40H,11-12,14-20H2/t23-,24+. The van der Waals surface area contributed by atoms with Crippen LogP contribution in [0.15, 0.2) is 66.9 Å². The molecule has 0 saturated carbocycles. The molecule has 2 N–H and O–H groups in total. The van der Waals surface area contributed by atoms with Gasteiger partial charge in [-0.05, 0) is 72.2 Å². The second-order valence-electron chi connectivity index (χ2n) is 11.5. The van der Waals surface area contributed by atoms with Gasteiger partial charge in [-0.2, -0.15) is 5.10 Å². The highest BCUT2D eigenvalue weighted by molar-refractivity contribution is 6.30. The van der Waals surface area contributed by atoms with Crippen LogP contribution in [-0.4, -0.2) is 69.8 Å². The second kappa shape index (κ2) is 10.2. The third-order valence-electron chi connectivity index (χ3n) is 8.94. The third kappa shape index (κ3) is 4.74. The van der Waals surface area contributed by atoms with Crippen LogP contribution in [0.25, 0.3) is 5.65 Å². The normalized spacial score (nSPS) is 22.1. The first-order valence-corrected chi connectivity index (χ1v) is 14.5. The minimum atomic E-state index is -0.858. The van der Waals surface area contributed by atoms with Crippen LogP contribution < -0.4 is 10.2 Å². The molecule has 0 aliphatic carbocycles. The van der Waals surface area contributed by atoms with Crippen LogP contribution in [-0.2, 0) is 12.0 Å². The Balaban J connectivity index is 1.03. The molecule has 2 aromatic carbocycles. The summed E-state index contributed by atoms with van der Waals surface area (Å²) in [4.78, 5) is 22.2. The van der Waals surface area contributed by atoms with Gasteiger partial charge in [-0.1, -0.05) is 35.9 Å². The van der Waals surface area contributed by atoms with Crippen LogP contribution in [0.3, 0.4) is 0 Å². The molecule has 0 radical (unpaired) electrons. The minimum Gasteiger partial charge on any atom is -0.385 e. The predicted octanol–water partition coefficient (Wildman–Crippen LogP) is 3.75. The first-order chi connectivity index (χ1) is 19.4. The van der Waals surface area contributed by atoms with E-state index in [2.05, 4.69) is 16.3 Å². The van der Waals surface area contributed by atoms with Crippen molar-refractivity contribution in [1.29, 1.82) is 0 Å². The van der Waals surface area contributed by atoms with Crippen LogP contribution in [0.5, 0.6) is 0 Å². The van der Waals surface area contributed by atoms with Crippen LogP contribution in [0.1, 0.15) is 40.2 Å². The summed E-state index contributed by atoms with van der Waals surface area (Å²) in [5.41, 5.74) is 3.70. The topological polar surface area (TPSA) is 86.0 Å². The Morgan fingerprint density at radius 2 is 1.70 bits per heavy atom. The Labute approximate surface area is 238 Å². The van der Waals surface area contributed by atoms with Gasteiger partial charge in [-0.15, -0.1) is 0 Å². The van der Waals surface area contributed by atoms with E-state index in [9.17, 15) is 9.90 Å². The van der Waals surface area contributed by atoms with E-state index >= 15 is 0 Å². The maximum atomic E-state index is 13.0. The Morgan fingerprint density at radius 1 is 1.00 bits per heavy atom. The number of hydrogen-bond acceptors (Lipinski definition) is 6. The van der Waals surface area contributed by atoms with Gasteiger partial charge in [0.05, 0.1) is 11.3 Å². The summed E-state index contributed by atoms with van der Waals surface area (Å²) in [6.45, 7) is 5.17. The van der Waals surface area contributed by atoms with Gasteiger partial charge in [0.25, 0.3) is 5.91 Å². The molecule has 0 unspecified atom stereocenters. The van der Waals surface area contributed by atoms with Crippen LogP contribution >= 0.6 is 11.6 Å². The zero-order valence-corrected chi connectivity index (χ0v) is 23.1. The van der Waals surface area contributed by atoms with Crippen LogP contribution in [0.4, 0.5) is 5.69 Å². The number of nitrogens with zero attached hydrogens (tertiary/aromatic N) is 5. The summed E-state index contributed by atoms with van der Waals surface area (Å²) in [6, 6.07) is 19.5. The fourth-order valence-electron chi connectivity index (χ4n) is 6.58. The molecule has 7 rings (SSSR count). The number of pyridine rings is 1. The summed E-state index contributed by atoms with van der Waals surface area (Å²) < 4.78 is 1.83. The molecule has 4 aromatic rings. The lowest BCUT2D eigenvalue weighted by Gasteiger charge is -2.39. The number of likely N-dealkylation sites (tertiary alicyclic amines) is 1. The van der Waals surface area contributed by atoms with Gasteiger partial charge < -0.3 is 20.2 Å². The quantitative estimate of drug-likeness (QED) is 0.389. The number of anilines is 1. The SMILES string of the molecule is O=C(c1ccc(Cc2nc3c(N4CCC(O)(c5ccc(Cl)cc5)CC4)cccn3n2)cc1)N1C[C@H]2CNC[C@H]2C1. The van der Waals surface area contributed by atoms with Crippen molar-refractivity contribution in [1.82, 2.24) is 24.8 Å². The van der Waals surface area contributed by atoms with E-state index in [1.165, 1.54) is 0 Å². The summed E-state index contributed by atoms with van der Waals surface area (Å²) >= 11 is 6.04. The molecular weight excluding hydrogens is 524 g/mol. The van der Waals surface area contributed by atoms with Gasteiger partial charge in [0, 0.05) is 62.5 Å². The molecule has 3 aliphatic rings. The lowest BCUT2D eigenvalue weighted by atomic mass is 9.84. The number of aliphatic hydroxyl groups is 1. The first kappa shape index (κ1) is 25.5. The molecular formula is C31H33ClN6O2. The highest BCUT2D eigenvalue weighted by Gasteiger charge is 2.38. The largest absolute Gasteiger partial charge is 0.385 e. The van der Waals surface area contributed by atoms with Crippen LogP contribution in [0, 0.1) is 11.8 Å². The van der Waals surface area contributed by atoms with Crippen LogP contribution in [0.2, 0.25) is 5.02 Å². The first-order valence-electron chi connectivity index (χ1n) is 14.1. The van der Waals surface area contributed by atoms with Gasteiger partial charge in [0.1, 0.15) is 0 Å². The third-order valence-corrected chi connectivity index (χ3v) is 9.19. The molecule has 3 fully saturated rings. The molecule has 2 aromatic heterocycles. The van der Waals surface area contributed by atoms with Gasteiger partial charge >= 0.3 is 0 Å². The molecule has 1 amide bonds. The van der Waals surface area contributed by atoms with Gasteiger partial charge in [-0.3, -0.25) is 4.79 Å². The van der Waals surface area contributed by atoms with Crippen molar-refractivity contribution in [2.75, 3.05) is 44.2 Å². The van der Waals surface area contributed by atoms with Crippen molar-refractivity contribution in [2.45, 2.75) is 24.9 Å². The molecule has 0 bridgehead atoms. The van der Waals surface area contributed by atoms with Gasteiger partial charge in [-0.25, -0.2) is 9.50 Å². The summed E-state index contributed by atoms with van der Waals surface area (Å²) in [5, 5.41) is 20.1. The molecule has 2 atom stereocenters. The fourth-order valence-corrected chi connectivity index (χ4v) is 6.70. The lowest BCUT2D eigenvalue weighted by Crippen LogP contribution is -2.42.